The molecule has 0 N–H and O–H groups in total. The van der Waals surface area contributed by atoms with Gasteiger partial charge in [0.25, 0.3) is 0 Å². The molecule has 0 amide bonds. The first-order valence-corrected chi connectivity index (χ1v) is 3.65. The summed E-state index contributed by atoms with van der Waals surface area (Å²) in [6, 6.07) is 0. The van der Waals surface area contributed by atoms with E-state index in [1.165, 1.54) is 0 Å². The number of ether oxygens (including phenoxy) is 2. The summed E-state index contributed by atoms with van der Waals surface area (Å²) in [7, 11) is 3.39. The van der Waals surface area contributed by atoms with Gasteiger partial charge in [-0.05, 0) is 13.3 Å². The Labute approximate surface area is 63.5 Å². The lowest BCUT2D eigenvalue weighted by molar-refractivity contribution is 0.0513. The zero-order valence-electron chi connectivity index (χ0n) is 7.26. The Morgan fingerprint density at radius 2 is 2.00 bits per heavy atom. The van der Waals surface area contributed by atoms with Crippen LogP contribution in [0.2, 0.25) is 0 Å². The van der Waals surface area contributed by atoms with Gasteiger partial charge in [-0.1, -0.05) is 6.92 Å². The first-order chi connectivity index (χ1) is 4.76. The summed E-state index contributed by atoms with van der Waals surface area (Å²) in [5, 5.41) is 0. The fourth-order valence-electron chi connectivity index (χ4n) is 0.888. The van der Waals surface area contributed by atoms with Crippen LogP contribution >= 0.6 is 0 Å². The first-order valence-electron chi connectivity index (χ1n) is 3.65. The van der Waals surface area contributed by atoms with Gasteiger partial charge in [0.05, 0.1) is 12.7 Å². The van der Waals surface area contributed by atoms with Gasteiger partial charge in [-0.25, -0.2) is 0 Å². The van der Waals surface area contributed by atoms with Crippen LogP contribution < -0.4 is 0 Å². The molecular formula is C8H17O2. The second-order valence-corrected chi connectivity index (χ2v) is 2.38. The molecule has 0 spiro atoms. The normalized spacial score (nSPS) is 16.8. The van der Waals surface area contributed by atoms with Crippen molar-refractivity contribution in [2.45, 2.75) is 26.4 Å². The highest BCUT2D eigenvalue weighted by atomic mass is 16.5. The molecule has 0 bridgehead atoms. The molecule has 61 valence electrons. The van der Waals surface area contributed by atoms with Gasteiger partial charge in [0, 0.05) is 20.1 Å². The molecule has 0 saturated carbocycles. The molecule has 2 heteroatoms. The van der Waals surface area contributed by atoms with Crippen LogP contribution in [0.4, 0.5) is 0 Å². The van der Waals surface area contributed by atoms with E-state index in [1.54, 1.807) is 14.2 Å². The Kier molecular flexibility index (Phi) is 5.64. The predicted molar refractivity (Wildman–Crippen MR) is 41.6 cm³/mol. The summed E-state index contributed by atoms with van der Waals surface area (Å²) in [5.41, 5.74) is 0. The standard InChI is InChI=1S/C8H17O2/c1-5-8(6-9-3)7(2)10-4/h6-8H,5H2,1-4H3. The Bertz CT molecular complexity index is 73.7. The van der Waals surface area contributed by atoms with E-state index in [2.05, 4.69) is 6.92 Å². The smallest absolute Gasteiger partial charge is 0.0889 e. The molecule has 2 nitrogen and oxygen atoms in total. The van der Waals surface area contributed by atoms with Crippen LogP contribution in [0.1, 0.15) is 20.3 Å². The van der Waals surface area contributed by atoms with Crippen molar-refractivity contribution >= 4 is 0 Å². The zero-order chi connectivity index (χ0) is 7.98. The van der Waals surface area contributed by atoms with Gasteiger partial charge in [-0.2, -0.15) is 0 Å². The maximum atomic E-state index is 5.14. The van der Waals surface area contributed by atoms with E-state index in [0.29, 0.717) is 5.92 Å². The van der Waals surface area contributed by atoms with Gasteiger partial charge in [0.1, 0.15) is 0 Å². The molecule has 2 unspecified atom stereocenters. The topological polar surface area (TPSA) is 18.5 Å². The Balaban J connectivity index is 3.56. The lowest BCUT2D eigenvalue weighted by Gasteiger charge is -2.19. The predicted octanol–water partition coefficient (Wildman–Crippen LogP) is 1.86. The third-order valence-electron chi connectivity index (χ3n) is 1.76. The van der Waals surface area contributed by atoms with Crippen molar-refractivity contribution < 1.29 is 9.47 Å². The molecule has 0 heterocycles. The molecule has 10 heavy (non-hydrogen) atoms. The molecule has 0 aromatic rings. The Hall–Kier alpha value is -0.0800. The summed E-state index contributed by atoms with van der Waals surface area (Å²) in [6.45, 7) is 5.99. The monoisotopic (exact) mass is 145 g/mol. The zero-order valence-corrected chi connectivity index (χ0v) is 7.26. The van der Waals surface area contributed by atoms with E-state index < -0.39 is 0 Å². The summed E-state index contributed by atoms with van der Waals surface area (Å²) in [6.07, 6.45) is 1.31. The molecule has 0 aliphatic heterocycles. The fraction of sp³-hybridized carbons (Fsp3) is 0.875. The van der Waals surface area contributed by atoms with Crippen molar-refractivity contribution in [3.8, 4) is 0 Å². The van der Waals surface area contributed by atoms with Crippen LogP contribution in [0.25, 0.3) is 0 Å². The van der Waals surface area contributed by atoms with Crippen LogP contribution in [-0.4, -0.2) is 20.3 Å². The van der Waals surface area contributed by atoms with Crippen LogP contribution in [0, 0.1) is 12.5 Å². The number of hydrogen-bond acceptors (Lipinski definition) is 2. The van der Waals surface area contributed by atoms with E-state index in [9.17, 15) is 0 Å². The minimum Gasteiger partial charge on any atom is -0.381 e. The van der Waals surface area contributed by atoms with Crippen molar-refractivity contribution in [3.05, 3.63) is 6.61 Å². The lowest BCUT2D eigenvalue weighted by atomic mass is 10.0. The molecule has 0 aliphatic rings. The maximum Gasteiger partial charge on any atom is 0.0889 e. The van der Waals surface area contributed by atoms with Crippen molar-refractivity contribution in [1.29, 1.82) is 0 Å². The summed E-state index contributed by atoms with van der Waals surface area (Å²) in [4.78, 5) is 0. The van der Waals surface area contributed by atoms with E-state index in [0.717, 1.165) is 6.42 Å². The fourth-order valence-corrected chi connectivity index (χ4v) is 0.888. The third kappa shape index (κ3) is 3.18. The van der Waals surface area contributed by atoms with Crippen LogP contribution in [0.3, 0.4) is 0 Å². The van der Waals surface area contributed by atoms with E-state index in [4.69, 9.17) is 9.47 Å². The molecule has 2 atom stereocenters. The molecule has 0 fully saturated rings. The van der Waals surface area contributed by atoms with Gasteiger partial charge in [0.2, 0.25) is 0 Å². The average Bonchev–Trinajstić information content (AvgIpc) is 1.99. The van der Waals surface area contributed by atoms with Crippen molar-refractivity contribution in [3.63, 3.8) is 0 Å². The minimum absolute atomic E-state index is 0.255. The lowest BCUT2D eigenvalue weighted by Crippen LogP contribution is -2.19. The van der Waals surface area contributed by atoms with Gasteiger partial charge in [-0.3, -0.25) is 0 Å². The Morgan fingerprint density at radius 1 is 1.40 bits per heavy atom. The van der Waals surface area contributed by atoms with E-state index in [-0.39, 0.29) is 6.10 Å². The summed E-state index contributed by atoms with van der Waals surface area (Å²) in [5.74, 6) is 0.412. The van der Waals surface area contributed by atoms with Crippen LogP contribution in [-0.2, 0) is 9.47 Å². The van der Waals surface area contributed by atoms with Gasteiger partial charge >= 0.3 is 0 Å². The quantitative estimate of drug-likeness (QED) is 0.588. The molecule has 0 rings (SSSR count). The van der Waals surface area contributed by atoms with Crippen molar-refractivity contribution in [2.24, 2.45) is 5.92 Å². The third-order valence-corrected chi connectivity index (χ3v) is 1.76. The second kappa shape index (κ2) is 5.69. The average molecular weight is 145 g/mol. The Morgan fingerprint density at radius 3 is 2.30 bits per heavy atom. The van der Waals surface area contributed by atoms with E-state index >= 15 is 0 Å². The first kappa shape index (κ1) is 9.92. The summed E-state index contributed by atoms with van der Waals surface area (Å²) < 4.78 is 10.1. The number of methoxy groups -OCH3 is 2. The highest BCUT2D eigenvalue weighted by molar-refractivity contribution is 4.71. The molecule has 1 radical (unpaired) electrons. The molecule has 0 aromatic carbocycles. The molecular weight excluding hydrogens is 128 g/mol. The SMILES string of the molecule is CCC([CH]OC)C(C)OC. The van der Waals surface area contributed by atoms with Gasteiger partial charge in [-0.15, -0.1) is 0 Å². The van der Waals surface area contributed by atoms with Crippen molar-refractivity contribution in [2.75, 3.05) is 14.2 Å². The highest BCUT2D eigenvalue weighted by Gasteiger charge is 2.14. The number of hydrogen-bond donors (Lipinski definition) is 0. The van der Waals surface area contributed by atoms with Gasteiger partial charge < -0.3 is 9.47 Å². The maximum absolute atomic E-state index is 5.14. The van der Waals surface area contributed by atoms with Crippen LogP contribution in [0.5, 0.6) is 0 Å². The number of rotatable bonds is 5. The molecule has 0 aromatic heterocycles. The summed E-state index contributed by atoms with van der Waals surface area (Å²) >= 11 is 0. The second-order valence-electron chi connectivity index (χ2n) is 2.38. The molecule has 0 saturated heterocycles. The molecule has 0 aliphatic carbocycles. The van der Waals surface area contributed by atoms with Gasteiger partial charge in [0.15, 0.2) is 0 Å². The minimum atomic E-state index is 0.255. The van der Waals surface area contributed by atoms with Crippen molar-refractivity contribution in [1.82, 2.24) is 0 Å². The van der Waals surface area contributed by atoms with Crippen LogP contribution in [0.15, 0.2) is 0 Å². The highest BCUT2D eigenvalue weighted by Crippen LogP contribution is 2.14. The van der Waals surface area contributed by atoms with E-state index in [1.807, 2.05) is 13.5 Å². The largest absolute Gasteiger partial charge is 0.381 e.